The van der Waals surface area contributed by atoms with Gasteiger partial charge in [-0.05, 0) is 18.6 Å². The standard InChI is InChI=1S/C16H18ClN5O2S/c1-3-4-8-22-13-12(14(23)20-16(22)24)21(2)11(19-13)9-25-15-10(17)6-5-7-18-15/h5-7H,3-4,8-9H2,1-2H3,(H,20,23,24). The number of thioether (sulfide) groups is 1. The Balaban J connectivity index is 2.01. The van der Waals surface area contributed by atoms with Crippen LogP contribution in [0.4, 0.5) is 0 Å². The highest BCUT2D eigenvalue weighted by atomic mass is 35.5. The summed E-state index contributed by atoms with van der Waals surface area (Å²) in [6.07, 6.45) is 3.46. The maximum atomic E-state index is 12.2. The summed E-state index contributed by atoms with van der Waals surface area (Å²) in [4.78, 5) is 35.5. The van der Waals surface area contributed by atoms with Gasteiger partial charge >= 0.3 is 5.69 Å². The topological polar surface area (TPSA) is 85.6 Å². The van der Waals surface area contributed by atoms with Gasteiger partial charge in [0, 0.05) is 19.8 Å². The van der Waals surface area contributed by atoms with Crippen LogP contribution in [0.1, 0.15) is 25.6 Å². The quantitative estimate of drug-likeness (QED) is 0.665. The fourth-order valence-corrected chi connectivity index (χ4v) is 3.70. The van der Waals surface area contributed by atoms with E-state index in [1.54, 1.807) is 29.9 Å². The van der Waals surface area contributed by atoms with Gasteiger partial charge in [-0.1, -0.05) is 36.7 Å². The summed E-state index contributed by atoms with van der Waals surface area (Å²) >= 11 is 7.56. The molecule has 0 saturated heterocycles. The fraction of sp³-hybridized carbons (Fsp3) is 0.375. The lowest BCUT2D eigenvalue weighted by molar-refractivity contribution is 0.613. The summed E-state index contributed by atoms with van der Waals surface area (Å²) < 4.78 is 3.25. The van der Waals surface area contributed by atoms with Gasteiger partial charge in [-0.15, -0.1) is 0 Å². The number of pyridine rings is 1. The zero-order valence-electron chi connectivity index (χ0n) is 14.0. The van der Waals surface area contributed by atoms with E-state index in [1.165, 1.54) is 16.3 Å². The molecule has 132 valence electrons. The van der Waals surface area contributed by atoms with E-state index in [-0.39, 0.29) is 0 Å². The number of nitrogens with one attached hydrogen (secondary N) is 1. The van der Waals surface area contributed by atoms with E-state index in [0.717, 1.165) is 12.8 Å². The third-order valence-electron chi connectivity index (χ3n) is 3.90. The molecule has 3 heterocycles. The Kier molecular flexibility index (Phi) is 5.29. The van der Waals surface area contributed by atoms with Crippen molar-refractivity contribution in [3.05, 3.63) is 50.0 Å². The molecule has 25 heavy (non-hydrogen) atoms. The van der Waals surface area contributed by atoms with Crippen molar-refractivity contribution in [2.24, 2.45) is 7.05 Å². The normalized spacial score (nSPS) is 11.3. The highest BCUT2D eigenvalue weighted by molar-refractivity contribution is 7.98. The van der Waals surface area contributed by atoms with Crippen LogP contribution in [-0.2, 0) is 19.3 Å². The second kappa shape index (κ2) is 7.45. The van der Waals surface area contributed by atoms with E-state index < -0.39 is 11.2 Å². The van der Waals surface area contributed by atoms with Crippen molar-refractivity contribution in [2.75, 3.05) is 0 Å². The molecule has 3 aromatic heterocycles. The number of fused-ring (bicyclic) bond motifs is 1. The van der Waals surface area contributed by atoms with Crippen LogP contribution in [0.2, 0.25) is 5.02 Å². The predicted molar refractivity (Wildman–Crippen MR) is 99.3 cm³/mol. The van der Waals surface area contributed by atoms with Crippen molar-refractivity contribution in [1.82, 2.24) is 24.1 Å². The van der Waals surface area contributed by atoms with Crippen LogP contribution in [0, 0.1) is 0 Å². The number of hydrogen-bond donors (Lipinski definition) is 1. The predicted octanol–water partition coefficient (Wildman–Crippen LogP) is 2.56. The number of nitrogens with zero attached hydrogens (tertiary/aromatic N) is 4. The second-order valence-corrected chi connectivity index (χ2v) is 6.97. The molecule has 0 fully saturated rings. The Morgan fingerprint density at radius 3 is 2.88 bits per heavy atom. The summed E-state index contributed by atoms with van der Waals surface area (Å²) in [5, 5.41) is 1.28. The number of aromatic amines is 1. The first-order valence-electron chi connectivity index (χ1n) is 7.94. The summed E-state index contributed by atoms with van der Waals surface area (Å²) in [5.41, 5.74) is -0.0169. The molecule has 3 rings (SSSR count). The number of rotatable bonds is 6. The number of aryl methyl sites for hydroxylation is 2. The van der Waals surface area contributed by atoms with Crippen LogP contribution < -0.4 is 11.2 Å². The van der Waals surface area contributed by atoms with Gasteiger partial charge in [-0.25, -0.2) is 14.8 Å². The molecule has 1 N–H and O–H groups in total. The minimum absolute atomic E-state index is 0.401. The van der Waals surface area contributed by atoms with Crippen LogP contribution in [-0.4, -0.2) is 24.1 Å². The van der Waals surface area contributed by atoms with Gasteiger partial charge < -0.3 is 4.57 Å². The SMILES string of the molecule is CCCCn1c(=O)[nH]c(=O)c2c1nc(CSc1ncccc1Cl)n2C. The molecule has 0 atom stereocenters. The van der Waals surface area contributed by atoms with Gasteiger partial charge in [0.05, 0.1) is 10.8 Å². The molecule has 0 aromatic carbocycles. The first kappa shape index (κ1) is 17.8. The van der Waals surface area contributed by atoms with Crippen molar-refractivity contribution in [3.8, 4) is 0 Å². The zero-order valence-corrected chi connectivity index (χ0v) is 15.5. The van der Waals surface area contributed by atoms with E-state index in [0.29, 0.717) is 39.3 Å². The number of unbranched alkanes of at least 4 members (excludes halogenated alkanes) is 1. The Labute approximate surface area is 153 Å². The monoisotopic (exact) mass is 379 g/mol. The molecule has 0 amide bonds. The summed E-state index contributed by atoms with van der Waals surface area (Å²) in [6.45, 7) is 2.57. The lowest BCUT2D eigenvalue weighted by atomic mass is 10.3. The van der Waals surface area contributed by atoms with Crippen molar-refractivity contribution >= 4 is 34.5 Å². The highest BCUT2D eigenvalue weighted by Crippen LogP contribution is 2.27. The Bertz CT molecular complexity index is 1020. The summed E-state index contributed by atoms with van der Waals surface area (Å²) in [7, 11) is 1.77. The first-order valence-corrected chi connectivity index (χ1v) is 9.31. The van der Waals surface area contributed by atoms with Gasteiger partial charge in [0.15, 0.2) is 11.2 Å². The Hall–Kier alpha value is -2.06. The van der Waals surface area contributed by atoms with Crippen LogP contribution in [0.5, 0.6) is 0 Å². The molecule has 7 nitrogen and oxygen atoms in total. The first-order chi connectivity index (χ1) is 12.0. The lowest BCUT2D eigenvalue weighted by Gasteiger charge is -2.04. The molecule has 3 aromatic rings. The van der Waals surface area contributed by atoms with Crippen molar-refractivity contribution in [3.63, 3.8) is 0 Å². The molecule has 0 aliphatic heterocycles. The number of aromatic nitrogens is 5. The third-order valence-corrected chi connectivity index (χ3v) is 5.32. The molecule has 0 saturated carbocycles. The van der Waals surface area contributed by atoms with Crippen molar-refractivity contribution < 1.29 is 0 Å². The van der Waals surface area contributed by atoms with E-state index in [2.05, 4.69) is 15.0 Å². The van der Waals surface area contributed by atoms with Gasteiger partial charge in [-0.2, -0.15) is 0 Å². The van der Waals surface area contributed by atoms with E-state index in [4.69, 9.17) is 11.6 Å². The minimum atomic E-state index is -0.421. The number of halogens is 1. The fourth-order valence-electron chi connectivity index (χ4n) is 2.55. The average Bonchev–Trinajstić information content (AvgIpc) is 2.91. The molecule has 0 aliphatic rings. The van der Waals surface area contributed by atoms with E-state index >= 15 is 0 Å². The van der Waals surface area contributed by atoms with Crippen LogP contribution in [0.3, 0.4) is 0 Å². The van der Waals surface area contributed by atoms with Crippen molar-refractivity contribution in [1.29, 1.82) is 0 Å². The molecular formula is C16H18ClN5O2S. The zero-order chi connectivity index (χ0) is 18.0. The number of imidazole rings is 1. The summed E-state index contributed by atoms with van der Waals surface area (Å²) in [6, 6.07) is 3.55. The molecule has 0 aliphatic carbocycles. The smallest absolute Gasteiger partial charge is 0.325 e. The van der Waals surface area contributed by atoms with Gasteiger partial charge in [-0.3, -0.25) is 14.3 Å². The Morgan fingerprint density at radius 2 is 2.16 bits per heavy atom. The maximum Gasteiger partial charge on any atom is 0.330 e. The van der Waals surface area contributed by atoms with Crippen LogP contribution in [0.15, 0.2) is 32.9 Å². The maximum absolute atomic E-state index is 12.2. The lowest BCUT2D eigenvalue weighted by Crippen LogP contribution is -2.31. The molecular weight excluding hydrogens is 362 g/mol. The molecule has 9 heteroatoms. The third kappa shape index (κ3) is 3.50. The van der Waals surface area contributed by atoms with Crippen LogP contribution >= 0.6 is 23.4 Å². The molecule has 0 unspecified atom stereocenters. The van der Waals surface area contributed by atoms with E-state index in [9.17, 15) is 9.59 Å². The molecule has 0 radical (unpaired) electrons. The molecule has 0 spiro atoms. The number of H-pyrrole nitrogens is 1. The highest BCUT2D eigenvalue weighted by Gasteiger charge is 2.16. The van der Waals surface area contributed by atoms with Crippen LogP contribution in [0.25, 0.3) is 11.2 Å². The van der Waals surface area contributed by atoms with Gasteiger partial charge in [0.25, 0.3) is 5.56 Å². The Morgan fingerprint density at radius 1 is 1.36 bits per heavy atom. The summed E-state index contributed by atoms with van der Waals surface area (Å²) in [5.74, 6) is 1.17. The van der Waals surface area contributed by atoms with Gasteiger partial charge in [0.2, 0.25) is 0 Å². The van der Waals surface area contributed by atoms with Crippen molar-refractivity contribution in [2.45, 2.75) is 37.1 Å². The molecule has 0 bridgehead atoms. The average molecular weight is 380 g/mol. The van der Waals surface area contributed by atoms with Gasteiger partial charge in [0.1, 0.15) is 10.9 Å². The minimum Gasteiger partial charge on any atom is -0.325 e. The largest absolute Gasteiger partial charge is 0.330 e. The number of hydrogen-bond acceptors (Lipinski definition) is 5. The second-order valence-electron chi connectivity index (χ2n) is 5.60. The van der Waals surface area contributed by atoms with E-state index in [1.807, 2.05) is 6.92 Å².